The maximum atomic E-state index is 12.8. The van der Waals surface area contributed by atoms with Crippen LogP contribution in [0.4, 0.5) is 24.5 Å². The number of rotatable bonds is 4. The van der Waals surface area contributed by atoms with E-state index < -0.39 is 23.2 Å². The maximum Gasteiger partial charge on any atom is 0.416 e. The summed E-state index contributed by atoms with van der Waals surface area (Å²) in [5, 5.41) is 2.46. The van der Waals surface area contributed by atoms with Gasteiger partial charge in [-0.25, -0.2) is 0 Å². The number of aryl methyl sites for hydroxylation is 1. The van der Waals surface area contributed by atoms with E-state index in [1.54, 1.807) is 26.0 Å². The molecule has 1 aliphatic heterocycles. The first-order valence-electron chi connectivity index (χ1n) is 9.06. The minimum Gasteiger partial charge on any atom is -0.476 e. The highest BCUT2D eigenvalue weighted by atomic mass is 19.4. The molecule has 0 radical (unpaired) electrons. The lowest BCUT2D eigenvalue weighted by molar-refractivity contribution is -0.137. The van der Waals surface area contributed by atoms with Crippen LogP contribution in [0.25, 0.3) is 0 Å². The van der Waals surface area contributed by atoms with Gasteiger partial charge in [0.05, 0.1) is 11.3 Å². The van der Waals surface area contributed by atoms with Crippen molar-refractivity contribution >= 4 is 23.2 Å². The molecule has 1 aliphatic rings. The topological polar surface area (TPSA) is 58.6 Å². The molecule has 2 aromatic rings. The SMILES string of the molecule is Cc1ccc2c(c1)N(CCC(=O)Nc1cccc(C(F)(F)F)c1)C(=O)C(C)(C)O2. The Morgan fingerprint density at radius 2 is 1.90 bits per heavy atom. The van der Waals surface area contributed by atoms with Gasteiger partial charge in [-0.05, 0) is 56.7 Å². The highest BCUT2D eigenvalue weighted by Gasteiger charge is 2.40. The Balaban J connectivity index is 1.73. The van der Waals surface area contributed by atoms with Gasteiger partial charge in [-0.3, -0.25) is 9.59 Å². The number of benzene rings is 2. The van der Waals surface area contributed by atoms with E-state index in [-0.39, 0.29) is 24.6 Å². The lowest BCUT2D eigenvalue weighted by atomic mass is 10.0. The van der Waals surface area contributed by atoms with Crippen molar-refractivity contribution < 1.29 is 27.5 Å². The Morgan fingerprint density at radius 3 is 2.59 bits per heavy atom. The summed E-state index contributed by atoms with van der Waals surface area (Å²) in [6.07, 6.45) is -4.57. The molecule has 2 amide bonds. The van der Waals surface area contributed by atoms with Gasteiger partial charge in [-0.2, -0.15) is 13.2 Å². The number of amides is 2. The van der Waals surface area contributed by atoms with Crippen LogP contribution in [-0.2, 0) is 15.8 Å². The molecule has 0 atom stereocenters. The summed E-state index contributed by atoms with van der Waals surface area (Å²) in [6, 6.07) is 9.86. The summed E-state index contributed by atoms with van der Waals surface area (Å²) in [7, 11) is 0. The zero-order valence-electron chi connectivity index (χ0n) is 16.3. The number of hydrogen-bond donors (Lipinski definition) is 1. The molecule has 0 saturated heterocycles. The summed E-state index contributed by atoms with van der Waals surface area (Å²) < 4.78 is 44.2. The summed E-state index contributed by atoms with van der Waals surface area (Å²) >= 11 is 0. The number of alkyl halides is 3. The van der Waals surface area contributed by atoms with Crippen molar-refractivity contribution in [1.29, 1.82) is 0 Å². The van der Waals surface area contributed by atoms with Gasteiger partial charge in [0.2, 0.25) is 5.91 Å². The van der Waals surface area contributed by atoms with Crippen LogP contribution in [0.2, 0.25) is 0 Å². The average Bonchev–Trinajstić information content (AvgIpc) is 2.62. The molecule has 1 heterocycles. The molecule has 2 aromatic carbocycles. The van der Waals surface area contributed by atoms with Crippen molar-refractivity contribution in [1.82, 2.24) is 0 Å². The average molecular weight is 406 g/mol. The van der Waals surface area contributed by atoms with Gasteiger partial charge < -0.3 is 15.0 Å². The smallest absolute Gasteiger partial charge is 0.416 e. The van der Waals surface area contributed by atoms with Crippen molar-refractivity contribution in [3.8, 4) is 5.75 Å². The van der Waals surface area contributed by atoms with Crippen LogP contribution in [0.15, 0.2) is 42.5 Å². The van der Waals surface area contributed by atoms with Crippen molar-refractivity contribution in [2.75, 3.05) is 16.8 Å². The van der Waals surface area contributed by atoms with Crippen LogP contribution in [-0.4, -0.2) is 24.0 Å². The van der Waals surface area contributed by atoms with Crippen LogP contribution >= 0.6 is 0 Å². The van der Waals surface area contributed by atoms with E-state index in [1.165, 1.54) is 17.0 Å². The number of carbonyl (C=O) groups excluding carboxylic acids is 2. The molecule has 8 heteroatoms. The molecule has 154 valence electrons. The zero-order valence-corrected chi connectivity index (χ0v) is 16.3. The van der Waals surface area contributed by atoms with E-state index >= 15 is 0 Å². The van der Waals surface area contributed by atoms with Gasteiger partial charge in [-0.1, -0.05) is 12.1 Å². The molecule has 29 heavy (non-hydrogen) atoms. The van der Waals surface area contributed by atoms with Gasteiger partial charge in [0.1, 0.15) is 5.75 Å². The number of anilines is 2. The molecule has 0 fully saturated rings. The van der Waals surface area contributed by atoms with Crippen molar-refractivity contribution in [2.45, 2.75) is 39.0 Å². The van der Waals surface area contributed by atoms with Crippen molar-refractivity contribution in [3.63, 3.8) is 0 Å². The largest absolute Gasteiger partial charge is 0.476 e. The number of fused-ring (bicyclic) bond motifs is 1. The number of hydrogen-bond acceptors (Lipinski definition) is 3. The minimum absolute atomic E-state index is 0.0507. The third-order valence-corrected chi connectivity index (χ3v) is 4.57. The number of nitrogens with zero attached hydrogens (tertiary/aromatic N) is 1. The molecule has 0 bridgehead atoms. The Morgan fingerprint density at radius 1 is 1.17 bits per heavy atom. The highest BCUT2D eigenvalue weighted by Crippen LogP contribution is 2.38. The van der Waals surface area contributed by atoms with E-state index in [1.807, 2.05) is 13.0 Å². The molecule has 0 unspecified atom stereocenters. The fourth-order valence-electron chi connectivity index (χ4n) is 3.11. The first-order chi connectivity index (χ1) is 13.5. The van der Waals surface area contributed by atoms with Gasteiger partial charge >= 0.3 is 6.18 Å². The number of halogens is 3. The van der Waals surface area contributed by atoms with E-state index in [9.17, 15) is 22.8 Å². The summed E-state index contributed by atoms with van der Waals surface area (Å²) in [5.74, 6) is -0.239. The quantitative estimate of drug-likeness (QED) is 0.811. The Hall–Kier alpha value is -3.03. The van der Waals surface area contributed by atoms with Crippen LogP contribution in [0.3, 0.4) is 0 Å². The third-order valence-electron chi connectivity index (χ3n) is 4.57. The molecule has 0 aromatic heterocycles. The molecule has 3 rings (SSSR count). The molecular weight excluding hydrogens is 385 g/mol. The van der Waals surface area contributed by atoms with E-state index in [0.29, 0.717) is 11.4 Å². The summed E-state index contributed by atoms with van der Waals surface area (Å²) in [6.45, 7) is 5.25. The second kappa shape index (κ2) is 7.42. The van der Waals surface area contributed by atoms with E-state index in [4.69, 9.17) is 4.74 Å². The minimum atomic E-state index is -4.49. The van der Waals surface area contributed by atoms with Crippen molar-refractivity contribution in [3.05, 3.63) is 53.6 Å². The molecule has 1 N–H and O–H groups in total. The zero-order chi connectivity index (χ0) is 21.4. The summed E-state index contributed by atoms with van der Waals surface area (Å²) in [5.41, 5.74) is -0.376. The maximum absolute atomic E-state index is 12.8. The summed E-state index contributed by atoms with van der Waals surface area (Å²) in [4.78, 5) is 26.6. The molecule has 0 aliphatic carbocycles. The molecule has 5 nitrogen and oxygen atoms in total. The van der Waals surface area contributed by atoms with Gasteiger partial charge in [0.15, 0.2) is 5.60 Å². The van der Waals surface area contributed by atoms with Crippen LogP contribution in [0.1, 0.15) is 31.4 Å². The van der Waals surface area contributed by atoms with Crippen molar-refractivity contribution in [2.24, 2.45) is 0 Å². The number of nitrogens with one attached hydrogen (secondary N) is 1. The standard InChI is InChI=1S/C21H21F3N2O3/c1-13-7-8-17-16(11-13)26(19(28)20(2,3)29-17)10-9-18(27)25-15-6-4-5-14(12-15)21(22,23)24/h4-8,11-12H,9-10H2,1-3H3,(H,25,27). The molecule has 0 spiro atoms. The van der Waals surface area contributed by atoms with Crippen LogP contribution < -0.4 is 15.0 Å². The van der Waals surface area contributed by atoms with Gasteiger partial charge in [-0.15, -0.1) is 0 Å². The number of ether oxygens (including phenoxy) is 1. The highest BCUT2D eigenvalue weighted by molar-refractivity contribution is 6.03. The predicted octanol–water partition coefficient (Wildman–Crippen LogP) is 4.55. The van der Waals surface area contributed by atoms with E-state index in [2.05, 4.69) is 5.32 Å². The predicted molar refractivity (Wildman–Crippen MR) is 103 cm³/mol. The number of carbonyl (C=O) groups is 2. The lowest BCUT2D eigenvalue weighted by Crippen LogP contribution is -2.53. The Labute approximate surface area is 166 Å². The fraction of sp³-hybridized carbons (Fsp3) is 0.333. The second-order valence-electron chi connectivity index (χ2n) is 7.42. The van der Waals surface area contributed by atoms with Crippen LogP contribution in [0, 0.1) is 6.92 Å². The third kappa shape index (κ3) is 4.52. The lowest BCUT2D eigenvalue weighted by Gasteiger charge is -2.38. The molecule has 0 saturated carbocycles. The monoisotopic (exact) mass is 406 g/mol. The molecular formula is C21H21F3N2O3. The normalized spacial score (nSPS) is 15.5. The van der Waals surface area contributed by atoms with Crippen LogP contribution in [0.5, 0.6) is 5.75 Å². The second-order valence-corrected chi connectivity index (χ2v) is 7.42. The van der Waals surface area contributed by atoms with Gasteiger partial charge in [0, 0.05) is 18.7 Å². The fourth-order valence-corrected chi connectivity index (χ4v) is 3.11. The first kappa shape index (κ1) is 20.7. The first-order valence-corrected chi connectivity index (χ1v) is 9.06. The van der Waals surface area contributed by atoms with E-state index in [0.717, 1.165) is 17.7 Å². The van der Waals surface area contributed by atoms with Gasteiger partial charge in [0.25, 0.3) is 5.91 Å². The Bertz CT molecular complexity index is 954. The Kier molecular flexibility index (Phi) is 5.30.